The van der Waals surface area contributed by atoms with E-state index in [0.29, 0.717) is 43.7 Å². The second kappa shape index (κ2) is 9.99. The van der Waals surface area contributed by atoms with Crippen molar-refractivity contribution in [2.45, 2.75) is 31.2 Å². The number of carbonyl (C=O) groups excluding carboxylic acids is 1. The lowest BCUT2D eigenvalue weighted by atomic mass is 10.0. The third kappa shape index (κ3) is 5.05. The molecule has 2 aromatic rings. The number of aromatic nitrogens is 1. The fourth-order valence-electron chi connectivity index (χ4n) is 5.03. The quantitative estimate of drug-likeness (QED) is 0.602. The van der Waals surface area contributed by atoms with Gasteiger partial charge in [0.05, 0.1) is 39.0 Å². The number of morpholine rings is 2. The molecule has 1 aromatic carbocycles. The molecule has 200 valence electrons. The van der Waals surface area contributed by atoms with Crippen molar-refractivity contribution in [1.29, 1.82) is 0 Å². The number of benzene rings is 1. The number of rotatable bonds is 6. The zero-order valence-electron chi connectivity index (χ0n) is 20.4. The molecule has 2 N–H and O–H groups in total. The van der Waals surface area contributed by atoms with Gasteiger partial charge in [-0.3, -0.25) is 0 Å². The number of hydrogen-bond acceptors (Lipinski definition) is 7. The van der Waals surface area contributed by atoms with Crippen LogP contribution in [-0.4, -0.2) is 91.5 Å². The van der Waals surface area contributed by atoms with Gasteiger partial charge in [0.15, 0.2) is 5.60 Å². The molecule has 9 nitrogen and oxygen atoms in total. The molecule has 5 rings (SSSR count). The van der Waals surface area contributed by atoms with Crippen LogP contribution < -0.4 is 15.0 Å². The van der Waals surface area contributed by atoms with E-state index >= 15 is 0 Å². The number of carbonyl (C=O) groups is 1. The highest BCUT2D eigenvalue weighted by molar-refractivity contribution is 5.91. The topological polar surface area (TPSA) is 96.4 Å². The number of halogens is 3. The van der Waals surface area contributed by atoms with Crippen LogP contribution in [0.5, 0.6) is 5.88 Å². The third-order valence-electron chi connectivity index (χ3n) is 7.03. The summed E-state index contributed by atoms with van der Waals surface area (Å²) < 4.78 is 56.7. The molecule has 0 saturated carbocycles. The molecule has 3 aliphatic heterocycles. The van der Waals surface area contributed by atoms with Crippen LogP contribution in [0.25, 0.3) is 11.1 Å². The molecule has 37 heavy (non-hydrogen) atoms. The van der Waals surface area contributed by atoms with Crippen LogP contribution in [0.4, 0.5) is 29.5 Å². The second-order valence-electron chi connectivity index (χ2n) is 9.47. The van der Waals surface area contributed by atoms with E-state index in [2.05, 4.69) is 15.2 Å². The number of nitrogens with one attached hydrogen (secondary N) is 1. The fourth-order valence-corrected chi connectivity index (χ4v) is 5.03. The van der Waals surface area contributed by atoms with Crippen molar-refractivity contribution in [2.24, 2.45) is 0 Å². The van der Waals surface area contributed by atoms with E-state index in [9.17, 15) is 23.1 Å². The number of likely N-dealkylation sites (tertiary alicyclic amines) is 1. The summed E-state index contributed by atoms with van der Waals surface area (Å²) in [6.07, 6.45) is -4.79. The van der Waals surface area contributed by atoms with Crippen LogP contribution in [0.15, 0.2) is 30.3 Å². The molecule has 2 atom stereocenters. The van der Waals surface area contributed by atoms with E-state index in [1.54, 1.807) is 18.2 Å². The normalized spacial score (nSPS) is 23.4. The Morgan fingerprint density at radius 3 is 2.76 bits per heavy atom. The van der Waals surface area contributed by atoms with Crippen LogP contribution >= 0.6 is 0 Å². The maximum absolute atomic E-state index is 13.5. The van der Waals surface area contributed by atoms with Gasteiger partial charge in [-0.1, -0.05) is 6.07 Å². The Kier molecular flexibility index (Phi) is 6.90. The Morgan fingerprint density at radius 2 is 2.05 bits per heavy atom. The number of aliphatic hydroxyl groups is 1. The molecule has 2 amide bonds. The lowest BCUT2D eigenvalue weighted by molar-refractivity contribution is -0.264. The lowest BCUT2D eigenvalue weighted by Crippen LogP contribution is -2.53. The summed E-state index contributed by atoms with van der Waals surface area (Å²) in [5.74, 6) is 1.06. The molecule has 2 unspecified atom stereocenters. The molecule has 3 saturated heterocycles. The van der Waals surface area contributed by atoms with Gasteiger partial charge in [0, 0.05) is 31.3 Å². The highest BCUT2D eigenvalue weighted by atomic mass is 19.4. The fraction of sp³-hybridized carbons (Fsp3) is 0.520. The van der Waals surface area contributed by atoms with Crippen molar-refractivity contribution in [2.75, 3.05) is 62.9 Å². The number of alkyl halides is 3. The van der Waals surface area contributed by atoms with Gasteiger partial charge < -0.3 is 34.4 Å². The molecule has 0 aliphatic carbocycles. The number of pyridine rings is 1. The molecule has 4 heterocycles. The van der Waals surface area contributed by atoms with Gasteiger partial charge in [0.25, 0.3) is 0 Å². The molecule has 0 radical (unpaired) electrons. The van der Waals surface area contributed by atoms with Gasteiger partial charge in [-0.2, -0.15) is 18.2 Å². The zero-order chi connectivity index (χ0) is 26.2. The summed E-state index contributed by atoms with van der Waals surface area (Å²) in [5.41, 5.74) is 0.697. The molecule has 3 aliphatic rings. The van der Waals surface area contributed by atoms with Crippen molar-refractivity contribution in [1.82, 2.24) is 9.88 Å². The van der Waals surface area contributed by atoms with Crippen LogP contribution in [-0.2, 0) is 9.47 Å². The smallest absolute Gasteiger partial charge is 0.419 e. The van der Waals surface area contributed by atoms with Gasteiger partial charge in [0.1, 0.15) is 12.4 Å². The number of amides is 2. The number of aliphatic hydroxyl groups excluding tert-OH is 1. The largest absolute Gasteiger partial charge is 0.475 e. The average Bonchev–Trinajstić information content (AvgIpc) is 3.50. The van der Waals surface area contributed by atoms with E-state index < -0.39 is 30.4 Å². The first-order chi connectivity index (χ1) is 17.7. The van der Waals surface area contributed by atoms with Gasteiger partial charge >= 0.3 is 12.2 Å². The van der Waals surface area contributed by atoms with Crippen molar-refractivity contribution in [3.05, 3.63) is 35.9 Å². The standard InChI is InChI=1S/C25H29F3N4O5/c1-16-2-3-18(29-23(34)32-15-24(25(26,27)28)13-19(32)14-37-24)12-20(16)17-10-21(31-4-7-35-8-5-31)30-22(11-17)36-9-6-33/h2-3,10-12,19,33H,4-9,13-15H2,1H3,(H,29,34). The highest BCUT2D eigenvalue weighted by Gasteiger charge is 2.66. The van der Waals surface area contributed by atoms with Crippen LogP contribution in [0, 0.1) is 6.92 Å². The van der Waals surface area contributed by atoms with Crippen LogP contribution in [0.3, 0.4) is 0 Å². The molecule has 0 spiro atoms. The molecular formula is C25H29F3N4O5. The number of urea groups is 1. The van der Waals surface area contributed by atoms with Gasteiger partial charge in [-0.25, -0.2) is 4.79 Å². The maximum atomic E-state index is 13.5. The first-order valence-electron chi connectivity index (χ1n) is 12.2. The predicted molar refractivity (Wildman–Crippen MR) is 129 cm³/mol. The molecule has 2 bridgehead atoms. The number of nitrogens with zero attached hydrogens (tertiary/aromatic N) is 3. The minimum atomic E-state index is -4.54. The minimum Gasteiger partial charge on any atom is -0.475 e. The van der Waals surface area contributed by atoms with Gasteiger partial charge in [-0.05, 0) is 41.8 Å². The van der Waals surface area contributed by atoms with Crippen molar-refractivity contribution >= 4 is 17.5 Å². The number of fused-ring (bicyclic) bond motifs is 2. The van der Waals surface area contributed by atoms with Crippen molar-refractivity contribution < 1.29 is 37.3 Å². The summed E-state index contributed by atoms with van der Waals surface area (Å²) in [4.78, 5) is 20.8. The summed E-state index contributed by atoms with van der Waals surface area (Å²) >= 11 is 0. The Labute approximate surface area is 212 Å². The second-order valence-corrected chi connectivity index (χ2v) is 9.47. The Morgan fingerprint density at radius 1 is 1.27 bits per heavy atom. The summed E-state index contributed by atoms with van der Waals surface area (Å²) in [6, 6.07) is 7.82. The number of aryl methyl sites for hydroxylation is 1. The van der Waals surface area contributed by atoms with Gasteiger partial charge in [0.2, 0.25) is 5.88 Å². The first-order valence-corrected chi connectivity index (χ1v) is 12.2. The monoisotopic (exact) mass is 522 g/mol. The van der Waals surface area contributed by atoms with Crippen LogP contribution in [0.2, 0.25) is 0 Å². The summed E-state index contributed by atoms with van der Waals surface area (Å²) in [7, 11) is 0. The lowest BCUT2D eigenvalue weighted by Gasteiger charge is -2.34. The maximum Gasteiger partial charge on any atom is 0.419 e. The van der Waals surface area contributed by atoms with Crippen molar-refractivity contribution in [3.8, 4) is 17.0 Å². The zero-order valence-corrected chi connectivity index (χ0v) is 20.4. The predicted octanol–water partition coefficient (Wildman–Crippen LogP) is 3.20. The van der Waals surface area contributed by atoms with E-state index in [1.807, 2.05) is 19.1 Å². The van der Waals surface area contributed by atoms with E-state index in [-0.39, 0.29) is 26.2 Å². The Bertz CT molecular complexity index is 1160. The molecule has 12 heteroatoms. The highest BCUT2D eigenvalue weighted by Crippen LogP contribution is 2.48. The molecule has 3 fully saturated rings. The molecular weight excluding hydrogens is 493 g/mol. The third-order valence-corrected chi connectivity index (χ3v) is 7.03. The van der Waals surface area contributed by atoms with Crippen LogP contribution in [0.1, 0.15) is 12.0 Å². The number of anilines is 2. The average molecular weight is 523 g/mol. The van der Waals surface area contributed by atoms with E-state index in [0.717, 1.165) is 16.7 Å². The number of hydrogen-bond donors (Lipinski definition) is 2. The summed E-state index contributed by atoms with van der Waals surface area (Å²) in [5, 5.41) is 12.0. The SMILES string of the molecule is Cc1ccc(NC(=O)N2CC3(C(F)(F)F)CC2CO3)cc1-c1cc(OCCO)nc(N2CCOCC2)c1. The van der Waals surface area contributed by atoms with E-state index in [4.69, 9.17) is 14.2 Å². The summed E-state index contributed by atoms with van der Waals surface area (Å²) in [6.45, 7) is 3.71. The Balaban J connectivity index is 1.39. The minimum absolute atomic E-state index is 0.0915. The van der Waals surface area contributed by atoms with Gasteiger partial charge in [-0.15, -0.1) is 0 Å². The first kappa shape index (κ1) is 25.6. The molecule has 1 aromatic heterocycles. The van der Waals surface area contributed by atoms with E-state index in [1.165, 1.54) is 4.90 Å². The Hall–Kier alpha value is -3.09. The van der Waals surface area contributed by atoms with Crippen molar-refractivity contribution in [3.63, 3.8) is 0 Å². The number of ether oxygens (including phenoxy) is 3.